The van der Waals surface area contributed by atoms with Gasteiger partial charge in [0.1, 0.15) is 10.7 Å². The number of benzene rings is 4. The molecule has 0 radical (unpaired) electrons. The Labute approximate surface area is 182 Å². The van der Waals surface area contributed by atoms with E-state index in [0.717, 1.165) is 32.1 Å². The first kappa shape index (κ1) is 19.0. The fourth-order valence-electron chi connectivity index (χ4n) is 3.58. The maximum absolute atomic E-state index is 12.6. The highest BCUT2D eigenvalue weighted by Crippen LogP contribution is 2.30. The number of amides is 2. The molecule has 2 amide bonds. The minimum atomic E-state index is -0.462. The van der Waals surface area contributed by atoms with Gasteiger partial charge in [0.25, 0.3) is 11.8 Å². The molecule has 5 rings (SSSR count). The lowest BCUT2D eigenvalue weighted by atomic mass is 10.0. The topological polar surface area (TPSA) is 71.1 Å². The predicted molar refractivity (Wildman–Crippen MR) is 124 cm³/mol. The Balaban J connectivity index is 1.34. The molecule has 0 aliphatic rings. The van der Waals surface area contributed by atoms with Crippen LogP contribution < -0.4 is 10.9 Å². The number of thiazole rings is 1. The summed E-state index contributed by atoms with van der Waals surface area (Å²) in [5.74, 6) is -0.842. The van der Waals surface area contributed by atoms with Crippen LogP contribution in [-0.4, -0.2) is 16.8 Å². The number of hydrazine groups is 1. The largest absolute Gasteiger partial charge is 0.289 e. The lowest BCUT2D eigenvalue weighted by Crippen LogP contribution is -2.41. The number of fused-ring (bicyclic) bond motifs is 2. The van der Waals surface area contributed by atoms with Gasteiger partial charge < -0.3 is 0 Å². The molecule has 4 aromatic carbocycles. The highest BCUT2D eigenvalue weighted by atomic mass is 32.1. The monoisotopic (exact) mass is 423 g/mol. The van der Waals surface area contributed by atoms with Gasteiger partial charge in [-0.1, -0.05) is 78.9 Å². The van der Waals surface area contributed by atoms with Crippen LogP contribution >= 0.6 is 11.3 Å². The molecule has 0 aliphatic carbocycles. The van der Waals surface area contributed by atoms with Gasteiger partial charge in [0, 0.05) is 16.5 Å². The zero-order chi connectivity index (χ0) is 21.2. The zero-order valence-electron chi connectivity index (χ0n) is 16.3. The first-order valence-electron chi connectivity index (χ1n) is 9.73. The van der Waals surface area contributed by atoms with Crippen molar-refractivity contribution in [2.24, 2.45) is 0 Å². The van der Waals surface area contributed by atoms with Crippen molar-refractivity contribution in [2.75, 3.05) is 0 Å². The zero-order valence-corrected chi connectivity index (χ0v) is 17.1. The predicted octanol–water partition coefficient (Wildman–Crippen LogP) is 5.19. The van der Waals surface area contributed by atoms with Crippen LogP contribution in [-0.2, 0) is 0 Å². The van der Waals surface area contributed by atoms with E-state index >= 15 is 0 Å². The molecule has 150 valence electrons. The lowest BCUT2D eigenvalue weighted by Gasteiger charge is -2.08. The number of rotatable bonds is 3. The fraction of sp³-hybridized carbons (Fsp3) is 0. The molecular weight excluding hydrogens is 406 g/mol. The fourth-order valence-corrected chi connectivity index (χ4v) is 4.42. The molecule has 31 heavy (non-hydrogen) atoms. The Bertz CT molecular complexity index is 1430. The van der Waals surface area contributed by atoms with E-state index in [1.807, 2.05) is 78.9 Å². The first-order chi connectivity index (χ1) is 15.2. The third-order valence-electron chi connectivity index (χ3n) is 5.08. The minimum Gasteiger partial charge on any atom is -0.267 e. The maximum Gasteiger partial charge on any atom is 0.289 e. The molecule has 1 heterocycles. The Kier molecular flexibility index (Phi) is 4.90. The SMILES string of the molecule is O=C(NNC(=O)c1cccc2ccccc12)c1csc(-c2cccc3ccccc23)n1. The Hall–Kier alpha value is -4.03. The second-order valence-electron chi connectivity index (χ2n) is 7.00. The van der Waals surface area contributed by atoms with Gasteiger partial charge in [-0.05, 0) is 27.6 Å². The Morgan fingerprint density at radius 1 is 0.677 bits per heavy atom. The van der Waals surface area contributed by atoms with Crippen molar-refractivity contribution >= 4 is 44.7 Å². The summed E-state index contributed by atoms with van der Waals surface area (Å²) in [6, 6.07) is 27.2. The van der Waals surface area contributed by atoms with Crippen molar-refractivity contribution in [2.45, 2.75) is 0 Å². The quantitative estimate of drug-likeness (QED) is 0.392. The van der Waals surface area contributed by atoms with Crippen molar-refractivity contribution in [1.29, 1.82) is 0 Å². The lowest BCUT2D eigenvalue weighted by molar-refractivity contribution is 0.0845. The van der Waals surface area contributed by atoms with Crippen molar-refractivity contribution in [1.82, 2.24) is 15.8 Å². The van der Waals surface area contributed by atoms with Crippen LogP contribution in [0.4, 0.5) is 0 Å². The van der Waals surface area contributed by atoms with E-state index < -0.39 is 5.91 Å². The van der Waals surface area contributed by atoms with Crippen LogP contribution in [0.25, 0.3) is 32.1 Å². The number of hydrogen-bond acceptors (Lipinski definition) is 4. The molecule has 5 nitrogen and oxygen atoms in total. The molecule has 6 heteroatoms. The third kappa shape index (κ3) is 3.65. The van der Waals surface area contributed by atoms with Crippen molar-refractivity contribution in [3.63, 3.8) is 0 Å². The highest BCUT2D eigenvalue weighted by molar-refractivity contribution is 7.13. The summed E-state index contributed by atoms with van der Waals surface area (Å²) in [5.41, 5.74) is 6.69. The summed E-state index contributed by atoms with van der Waals surface area (Å²) >= 11 is 1.39. The van der Waals surface area contributed by atoms with Gasteiger partial charge in [-0.25, -0.2) is 4.98 Å². The van der Waals surface area contributed by atoms with Crippen molar-refractivity contribution in [3.8, 4) is 10.6 Å². The number of hydrogen-bond donors (Lipinski definition) is 2. The summed E-state index contributed by atoms with van der Waals surface area (Å²) in [7, 11) is 0. The molecule has 2 N–H and O–H groups in total. The smallest absolute Gasteiger partial charge is 0.267 e. The first-order valence-corrected chi connectivity index (χ1v) is 10.6. The molecular formula is C25H17N3O2S. The molecule has 0 saturated carbocycles. The molecule has 0 spiro atoms. The number of aromatic nitrogens is 1. The van der Waals surface area contributed by atoms with Crippen LogP contribution in [0.2, 0.25) is 0 Å². The minimum absolute atomic E-state index is 0.256. The van der Waals surface area contributed by atoms with Crippen LogP contribution in [0.5, 0.6) is 0 Å². The Morgan fingerprint density at radius 2 is 1.29 bits per heavy atom. The van der Waals surface area contributed by atoms with Gasteiger partial charge in [0.2, 0.25) is 0 Å². The van der Waals surface area contributed by atoms with Crippen LogP contribution in [0, 0.1) is 0 Å². The van der Waals surface area contributed by atoms with E-state index in [1.54, 1.807) is 11.4 Å². The van der Waals surface area contributed by atoms with Gasteiger partial charge in [-0.3, -0.25) is 20.4 Å². The summed E-state index contributed by atoms with van der Waals surface area (Å²) < 4.78 is 0. The molecule has 0 unspecified atom stereocenters. The van der Waals surface area contributed by atoms with E-state index in [-0.39, 0.29) is 11.6 Å². The molecule has 1 aromatic heterocycles. The number of carbonyl (C=O) groups excluding carboxylic acids is 2. The van der Waals surface area contributed by atoms with Crippen LogP contribution in [0.3, 0.4) is 0 Å². The summed E-state index contributed by atoms with van der Waals surface area (Å²) in [6.07, 6.45) is 0. The average Bonchev–Trinajstić information content (AvgIpc) is 3.32. The van der Waals surface area contributed by atoms with Gasteiger partial charge in [-0.2, -0.15) is 0 Å². The molecule has 0 atom stereocenters. The van der Waals surface area contributed by atoms with Gasteiger partial charge in [0.15, 0.2) is 0 Å². The van der Waals surface area contributed by atoms with Gasteiger partial charge in [-0.15, -0.1) is 11.3 Å². The maximum atomic E-state index is 12.6. The average molecular weight is 423 g/mol. The standard InChI is InChI=1S/C25H17N3O2S/c29-23(20-13-5-9-16-7-1-3-11-18(16)20)27-28-24(30)22-15-31-25(26-22)21-14-6-10-17-8-2-4-12-19(17)21/h1-15H,(H,27,29)(H,28,30). The van der Waals surface area contributed by atoms with Crippen LogP contribution in [0.15, 0.2) is 90.3 Å². The van der Waals surface area contributed by atoms with E-state index in [4.69, 9.17) is 0 Å². The molecule has 5 aromatic rings. The molecule has 0 bridgehead atoms. The van der Waals surface area contributed by atoms with Crippen LogP contribution in [0.1, 0.15) is 20.8 Å². The van der Waals surface area contributed by atoms with Gasteiger partial charge >= 0.3 is 0 Å². The van der Waals surface area contributed by atoms with Crippen molar-refractivity contribution < 1.29 is 9.59 Å². The van der Waals surface area contributed by atoms with Gasteiger partial charge in [0.05, 0.1) is 0 Å². The Morgan fingerprint density at radius 3 is 2.10 bits per heavy atom. The second kappa shape index (κ2) is 8.01. The van der Waals surface area contributed by atoms with E-state index in [9.17, 15) is 9.59 Å². The highest BCUT2D eigenvalue weighted by Gasteiger charge is 2.15. The normalized spacial score (nSPS) is 10.8. The number of carbonyl (C=O) groups is 2. The van der Waals surface area contributed by atoms with E-state index in [1.165, 1.54) is 11.3 Å². The summed E-state index contributed by atoms with van der Waals surface area (Å²) in [6.45, 7) is 0. The number of nitrogens with one attached hydrogen (secondary N) is 2. The molecule has 0 fully saturated rings. The molecule has 0 aliphatic heterocycles. The second-order valence-corrected chi connectivity index (χ2v) is 7.86. The molecule has 0 saturated heterocycles. The van der Waals surface area contributed by atoms with E-state index in [0.29, 0.717) is 5.56 Å². The van der Waals surface area contributed by atoms with E-state index in [2.05, 4.69) is 15.8 Å². The summed E-state index contributed by atoms with van der Waals surface area (Å²) in [5, 5.41) is 6.42. The number of nitrogens with zero attached hydrogens (tertiary/aromatic N) is 1. The summed E-state index contributed by atoms with van der Waals surface area (Å²) in [4.78, 5) is 29.7. The third-order valence-corrected chi connectivity index (χ3v) is 5.96. The van der Waals surface area contributed by atoms with Crippen molar-refractivity contribution in [3.05, 3.63) is 102 Å².